The van der Waals surface area contributed by atoms with Gasteiger partial charge in [-0.05, 0) is 12.5 Å². The molecule has 0 fully saturated rings. The molecule has 1 rings (SSSR count). The van der Waals surface area contributed by atoms with E-state index in [0.717, 1.165) is 0 Å². The van der Waals surface area contributed by atoms with Crippen LogP contribution in [0.4, 0.5) is 11.4 Å². The van der Waals surface area contributed by atoms with Crippen LogP contribution in [0, 0.1) is 10.1 Å². The van der Waals surface area contributed by atoms with Gasteiger partial charge in [0.2, 0.25) is 0 Å². The fraction of sp³-hybridized carbons (Fsp3) is 0.462. The number of nitrogens with one attached hydrogen (secondary N) is 1. The first kappa shape index (κ1) is 16.7. The Morgan fingerprint density at radius 2 is 2.14 bits per heavy atom. The first-order chi connectivity index (χ1) is 10.0. The molecule has 2 N–H and O–H groups in total. The number of esters is 1. The minimum absolute atomic E-state index is 0.178. The van der Waals surface area contributed by atoms with Crippen LogP contribution in [0.1, 0.15) is 18.4 Å². The van der Waals surface area contributed by atoms with Gasteiger partial charge in [-0.1, -0.05) is 0 Å². The summed E-state index contributed by atoms with van der Waals surface area (Å²) < 4.78 is 9.65. The first-order valence-electron chi connectivity index (χ1n) is 6.30. The quantitative estimate of drug-likeness (QED) is 0.323. The molecule has 0 aliphatic carbocycles. The maximum Gasteiger partial charge on any atom is 0.305 e. The number of nitro benzene ring substituents is 1. The zero-order chi connectivity index (χ0) is 15.8. The second kappa shape index (κ2) is 8.05. The highest BCUT2D eigenvalue weighted by Crippen LogP contribution is 2.32. The molecule has 0 amide bonds. The van der Waals surface area contributed by atoms with Gasteiger partial charge in [0.1, 0.15) is 5.75 Å². The van der Waals surface area contributed by atoms with E-state index >= 15 is 0 Å². The fourth-order valence-corrected chi connectivity index (χ4v) is 1.77. The van der Waals surface area contributed by atoms with Gasteiger partial charge in [0.25, 0.3) is 5.69 Å². The minimum Gasteiger partial charge on any atom is -0.495 e. The summed E-state index contributed by atoms with van der Waals surface area (Å²) in [6, 6.07) is 2.73. The monoisotopic (exact) mass is 298 g/mol. The number of carbonyl (C=O) groups excluding carboxylic acids is 1. The van der Waals surface area contributed by atoms with Gasteiger partial charge in [-0.2, -0.15) is 0 Å². The van der Waals surface area contributed by atoms with E-state index in [1.54, 1.807) is 0 Å². The highest BCUT2D eigenvalue weighted by Gasteiger charge is 2.18. The van der Waals surface area contributed by atoms with E-state index in [9.17, 15) is 14.9 Å². The van der Waals surface area contributed by atoms with Crippen molar-refractivity contribution in [2.45, 2.75) is 19.4 Å². The molecule has 0 aliphatic rings. The van der Waals surface area contributed by atoms with Crippen molar-refractivity contribution in [3.63, 3.8) is 0 Å². The van der Waals surface area contributed by atoms with Crippen molar-refractivity contribution < 1.29 is 24.3 Å². The van der Waals surface area contributed by atoms with E-state index in [2.05, 4.69) is 10.1 Å². The molecule has 0 bridgehead atoms. The number of aliphatic hydroxyl groups is 1. The van der Waals surface area contributed by atoms with Crippen LogP contribution in [0.25, 0.3) is 0 Å². The number of hydrogen-bond acceptors (Lipinski definition) is 7. The summed E-state index contributed by atoms with van der Waals surface area (Å²) in [5, 5.41) is 23.1. The van der Waals surface area contributed by atoms with Crippen molar-refractivity contribution in [3.05, 3.63) is 27.8 Å². The zero-order valence-electron chi connectivity index (χ0n) is 11.9. The maximum absolute atomic E-state index is 11.0. The van der Waals surface area contributed by atoms with Crippen molar-refractivity contribution in [1.82, 2.24) is 0 Å². The predicted octanol–water partition coefficient (Wildman–Crippen LogP) is 1.46. The number of hydrogen-bond donors (Lipinski definition) is 2. The van der Waals surface area contributed by atoms with Gasteiger partial charge in [-0.25, -0.2) is 0 Å². The molecule has 0 unspecified atom stereocenters. The molecule has 8 heteroatoms. The van der Waals surface area contributed by atoms with E-state index < -0.39 is 11.5 Å². The fourth-order valence-electron chi connectivity index (χ4n) is 1.77. The first-order valence-corrected chi connectivity index (χ1v) is 6.30. The van der Waals surface area contributed by atoms with Gasteiger partial charge in [0, 0.05) is 19.0 Å². The second-order valence-corrected chi connectivity index (χ2v) is 4.20. The van der Waals surface area contributed by atoms with Gasteiger partial charge in [0.05, 0.1) is 37.0 Å². The van der Waals surface area contributed by atoms with Gasteiger partial charge >= 0.3 is 5.97 Å². The molecule has 0 radical (unpaired) electrons. The number of benzene rings is 1. The number of carbonyl (C=O) groups is 1. The van der Waals surface area contributed by atoms with Crippen LogP contribution < -0.4 is 10.1 Å². The predicted molar refractivity (Wildman–Crippen MR) is 75.3 cm³/mol. The third-order valence-corrected chi connectivity index (χ3v) is 2.87. The van der Waals surface area contributed by atoms with Crippen LogP contribution in [0.15, 0.2) is 12.1 Å². The van der Waals surface area contributed by atoms with Crippen LogP contribution in [0.5, 0.6) is 5.75 Å². The average Bonchev–Trinajstić information content (AvgIpc) is 2.50. The largest absolute Gasteiger partial charge is 0.495 e. The Morgan fingerprint density at radius 3 is 2.67 bits per heavy atom. The molecule has 0 aromatic heterocycles. The van der Waals surface area contributed by atoms with E-state index in [-0.39, 0.29) is 23.6 Å². The average molecular weight is 298 g/mol. The molecule has 0 saturated carbocycles. The highest BCUT2D eigenvalue weighted by atomic mass is 16.6. The van der Waals surface area contributed by atoms with Crippen molar-refractivity contribution >= 4 is 17.3 Å². The molecule has 0 spiro atoms. The number of nitro groups is 1. The topological polar surface area (TPSA) is 111 Å². The Bertz CT molecular complexity index is 518. The molecule has 0 atom stereocenters. The molecule has 0 aliphatic heterocycles. The second-order valence-electron chi connectivity index (χ2n) is 4.20. The lowest BCUT2D eigenvalue weighted by molar-refractivity contribution is -0.385. The number of ether oxygens (including phenoxy) is 2. The number of anilines is 1. The van der Waals surface area contributed by atoms with Gasteiger partial charge in [-0.15, -0.1) is 0 Å². The Labute approximate surface area is 121 Å². The van der Waals surface area contributed by atoms with Crippen molar-refractivity contribution in [2.24, 2.45) is 0 Å². The van der Waals surface area contributed by atoms with E-state index in [0.29, 0.717) is 24.4 Å². The minimum atomic E-state index is -0.565. The molecule has 21 heavy (non-hydrogen) atoms. The molecule has 0 heterocycles. The van der Waals surface area contributed by atoms with E-state index in [1.807, 2.05) is 0 Å². The number of nitrogens with zero attached hydrogens (tertiary/aromatic N) is 1. The van der Waals surface area contributed by atoms with Crippen LogP contribution >= 0.6 is 0 Å². The molecule has 8 nitrogen and oxygen atoms in total. The summed E-state index contributed by atoms with van der Waals surface area (Å²) in [5.41, 5.74) is 0.428. The molecular formula is C13H18N2O6. The third-order valence-electron chi connectivity index (χ3n) is 2.87. The van der Waals surface area contributed by atoms with Gasteiger partial charge in [-0.3, -0.25) is 14.9 Å². The number of rotatable bonds is 8. The summed E-state index contributed by atoms with van der Waals surface area (Å²) in [6.07, 6.45) is 0.772. The van der Waals surface area contributed by atoms with Crippen molar-refractivity contribution in [1.29, 1.82) is 0 Å². The Balaban J connectivity index is 2.82. The van der Waals surface area contributed by atoms with Crippen molar-refractivity contribution in [2.75, 3.05) is 26.1 Å². The maximum atomic E-state index is 11.0. The summed E-state index contributed by atoms with van der Waals surface area (Å²) >= 11 is 0. The SMILES string of the molecule is COC(=O)CCCNc1cc([N+](=O)[O-])c(CO)cc1OC. The van der Waals surface area contributed by atoms with Gasteiger partial charge < -0.3 is 19.9 Å². The zero-order valence-corrected chi connectivity index (χ0v) is 11.9. The van der Waals surface area contributed by atoms with Crippen LogP contribution in [0.3, 0.4) is 0 Å². The summed E-state index contributed by atoms with van der Waals surface area (Å²) in [6.45, 7) is -0.0175. The standard InChI is InChI=1S/C13H18N2O6/c1-20-12-6-9(8-16)11(15(18)19)7-10(12)14-5-3-4-13(17)21-2/h6-7,14,16H,3-5,8H2,1-2H3. The summed E-state index contributed by atoms with van der Waals surface area (Å²) in [7, 11) is 2.75. The molecule has 1 aromatic carbocycles. The lowest BCUT2D eigenvalue weighted by Gasteiger charge is -2.12. The lowest BCUT2D eigenvalue weighted by Crippen LogP contribution is -2.08. The number of methoxy groups -OCH3 is 2. The Kier molecular flexibility index (Phi) is 6.41. The Hall–Kier alpha value is -2.35. The summed E-state index contributed by atoms with van der Waals surface area (Å²) in [5.74, 6) is 0.0769. The van der Waals surface area contributed by atoms with E-state index in [4.69, 9.17) is 9.84 Å². The molecule has 0 saturated heterocycles. The van der Waals surface area contributed by atoms with Gasteiger partial charge in [0.15, 0.2) is 0 Å². The third kappa shape index (κ3) is 4.60. The van der Waals surface area contributed by atoms with Crippen LogP contribution in [0.2, 0.25) is 0 Å². The van der Waals surface area contributed by atoms with E-state index in [1.165, 1.54) is 26.4 Å². The van der Waals surface area contributed by atoms with Crippen LogP contribution in [-0.4, -0.2) is 36.8 Å². The summed E-state index contributed by atoms with van der Waals surface area (Å²) in [4.78, 5) is 21.4. The lowest BCUT2D eigenvalue weighted by atomic mass is 10.1. The Morgan fingerprint density at radius 1 is 1.43 bits per heavy atom. The molecule has 116 valence electrons. The highest BCUT2D eigenvalue weighted by molar-refractivity contribution is 5.69. The normalized spacial score (nSPS) is 10.0. The molecule has 1 aromatic rings. The van der Waals surface area contributed by atoms with Crippen molar-refractivity contribution in [3.8, 4) is 5.75 Å². The smallest absolute Gasteiger partial charge is 0.305 e. The number of aliphatic hydroxyl groups excluding tert-OH is 1. The molecular weight excluding hydrogens is 280 g/mol. The van der Waals surface area contributed by atoms with Crippen LogP contribution in [-0.2, 0) is 16.1 Å².